The first-order chi connectivity index (χ1) is 11.3. The van der Waals surface area contributed by atoms with Crippen LogP contribution in [0.4, 0.5) is 0 Å². The lowest BCUT2D eigenvalue weighted by molar-refractivity contribution is -0.157. The SMILES string of the molecule is CC(C)=C1CC[C@H]2[C@@H]3CC[C@H]4C[C@H](O)CC[C@]4(C)[C@H]3C(=O)C[C@]12C. The van der Waals surface area contributed by atoms with Crippen LogP contribution >= 0.6 is 0 Å². The molecule has 2 nitrogen and oxygen atoms in total. The highest BCUT2D eigenvalue weighted by atomic mass is 16.3. The van der Waals surface area contributed by atoms with Crippen LogP contribution in [-0.2, 0) is 4.79 Å². The van der Waals surface area contributed by atoms with Gasteiger partial charge in [-0.15, -0.1) is 0 Å². The van der Waals surface area contributed by atoms with Gasteiger partial charge in [-0.2, -0.15) is 0 Å². The Morgan fingerprint density at radius 2 is 1.88 bits per heavy atom. The molecule has 0 spiro atoms. The largest absolute Gasteiger partial charge is 0.393 e. The molecule has 2 heteroatoms. The second-order valence-corrected chi connectivity index (χ2v) is 10.0. The van der Waals surface area contributed by atoms with Crippen molar-refractivity contribution < 1.29 is 9.90 Å². The molecule has 0 aliphatic heterocycles. The average molecular weight is 331 g/mol. The number of rotatable bonds is 0. The van der Waals surface area contributed by atoms with E-state index >= 15 is 0 Å². The van der Waals surface area contributed by atoms with E-state index in [1.807, 2.05) is 0 Å². The van der Waals surface area contributed by atoms with Crippen LogP contribution in [0.3, 0.4) is 0 Å². The Hall–Kier alpha value is -0.630. The smallest absolute Gasteiger partial charge is 0.137 e. The number of carbonyl (C=O) groups is 1. The third-order valence-electron chi connectivity index (χ3n) is 8.71. The molecule has 24 heavy (non-hydrogen) atoms. The lowest BCUT2D eigenvalue weighted by Gasteiger charge is -2.59. The molecule has 134 valence electrons. The van der Waals surface area contributed by atoms with Crippen LogP contribution < -0.4 is 0 Å². The number of aliphatic hydroxyl groups is 1. The lowest BCUT2D eigenvalue weighted by atomic mass is 9.44. The van der Waals surface area contributed by atoms with Crippen molar-refractivity contribution in [2.45, 2.75) is 85.2 Å². The van der Waals surface area contributed by atoms with Gasteiger partial charge in [-0.25, -0.2) is 0 Å². The van der Waals surface area contributed by atoms with E-state index in [4.69, 9.17) is 0 Å². The maximum atomic E-state index is 13.4. The van der Waals surface area contributed by atoms with Crippen molar-refractivity contribution in [1.82, 2.24) is 0 Å². The van der Waals surface area contributed by atoms with Crippen LogP contribution in [0.25, 0.3) is 0 Å². The Balaban J connectivity index is 1.71. The molecule has 4 saturated carbocycles. The Kier molecular flexibility index (Phi) is 3.81. The molecule has 4 aliphatic rings. The summed E-state index contributed by atoms with van der Waals surface area (Å²) in [6.45, 7) is 9.25. The Labute approximate surface area is 147 Å². The standard InChI is InChI=1S/C22H34O2/c1-13(2)17-7-8-18-16-6-5-14-11-15(23)9-10-21(14,3)20(16)19(24)12-22(17,18)4/h14-16,18,20,23H,5-12H2,1-4H3/t14-,15+,16-,18-,20+,21-,22+/m0/s1. The van der Waals surface area contributed by atoms with Gasteiger partial charge in [0.1, 0.15) is 5.78 Å². The van der Waals surface area contributed by atoms with E-state index in [0.29, 0.717) is 23.5 Å². The predicted molar refractivity (Wildman–Crippen MR) is 96.5 cm³/mol. The van der Waals surface area contributed by atoms with Crippen LogP contribution in [0.5, 0.6) is 0 Å². The van der Waals surface area contributed by atoms with Crippen LogP contribution in [0, 0.1) is 34.5 Å². The molecule has 0 radical (unpaired) electrons. The average Bonchev–Trinajstić information content (AvgIpc) is 2.84. The molecule has 4 rings (SSSR count). The molecule has 1 N–H and O–H groups in total. The zero-order valence-electron chi connectivity index (χ0n) is 15.9. The Morgan fingerprint density at radius 1 is 1.12 bits per heavy atom. The molecule has 0 aromatic heterocycles. The minimum absolute atomic E-state index is 0.132. The van der Waals surface area contributed by atoms with Crippen molar-refractivity contribution >= 4 is 5.78 Å². The zero-order chi connectivity index (χ0) is 17.3. The topological polar surface area (TPSA) is 37.3 Å². The highest BCUT2D eigenvalue weighted by molar-refractivity contribution is 5.85. The molecule has 0 bridgehead atoms. The van der Waals surface area contributed by atoms with Gasteiger partial charge in [-0.05, 0) is 87.4 Å². The summed E-state index contributed by atoms with van der Waals surface area (Å²) in [7, 11) is 0. The molecular weight excluding hydrogens is 296 g/mol. The van der Waals surface area contributed by atoms with E-state index in [2.05, 4.69) is 27.7 Å². The van der Waals surface area contributed by atoms with Gasteiger partial charge in [0, 0.05) is 12.3 Å². The zero-order valence-corrected chi connectivity index (χ0v) is 15.9. The second kappa shape index (κ2) is 5.43. The number of allylic oxidation sites excluding steroid dienone is 2. The summed E-state index contributed by atoms with van der Waals surface area (Å²) >= 11 is 0. The third kappa shape index (κ3) is 2.14. The number of aliphatic hydroxyl groups excluding tert-OH is 1. The maximum absolute atomic E-state index is 13.4. The quantitative estimate of drug-likeness (QED) is 0.641. The van der Waals surface area contributed by atoms with Crippen molar-refractivity contribution in [2.75, 3.05) is 0 Å². The summed E-state index contributed by atoms with van der Waals surface area (Å²) in [6, 6.07) is 0. The third-order valence-corrected chi connectivity index (χ3v) is 8.71. The number of Topliss-reactive ketones (excluding diaryl/α,β-unsaturated/α-hetero) is 1. The molecule has 4 aliphatic carbocycles. The molecule has 0 saturated heterocycles. The van der Waals surface area contributed by atoms with E-state index in [9.17, 15) is 9.90 Å². The molecular formula is C22H34O2. The van der Waals surface area contributed by atoms with Crippen molar-refractivity contribution in [3.05, 3.63) is 11.1 Å². The van der Waals surface area contributed by atoms with Crippen molar-refractivity contribution in [3.63, 3.8) is 0 Å². The first-order valence-corrected chi connectivity index (χ1v) is 10.1. The minimum atomic E-state index is -0.132. The number of fused-ring (bicyclic) bond motifs is 5. The Morgan fingerprint density at radius 3 is 2.58 bits per heavy atom. The highest BCUT2D eigenvalue weighted by Gasteiger charge is 2.62. The molecule has 0 amide bonds. The molecule has 0 aromatic rings. The van der Waals surface area contributed by atoms with E-state index in [0.717, 1.165) is 25.7 Å². The first kappa shape index (κ1) is 16.8. The summed E-state index contributed by atoms with van der Waals surface area (Å²) in [5, 5.41) is 10.1. The summed E-state index contributed by atoms with van der Waals surface area (Å²) in [6.07, 6.45) is 8.42. The normalized spacial score (nSPS) is 51.0. The van der Waals surface area contributed by atoms with E-state index in [-0.39, 0.29) is 22.9 Å². The number of carbonyl (C=O) groups excluding carboxylic acids is 1. The van der Waals surface area contributed by atoms with Gasteiger partial charge >= 0.3 is 0 Å². The van der Waals surface area contributed by atoms with Gasteiger partial charge < -0.3 is 5.11 Å². The van der Waals surface area contributed by atoms with E-state index in [1.165, 1.54) is 31.3 Å². The fourth-order valence-electron chi connectivity index (χ4n) is 7.69. The van der Waals surface area contributed by atoms with Crippen LogP contribution in [0.15, 0.2) is 11.1 Å². The number of hydrogen-bond acceptors (Lipinski definition) is 2. The van der Waals surface area contributed by atoms with Gasteiger partial charge in [0.2, 0.25) is 0 Å². The summed E-state index contributed by atoms with van der Waals surface area (Å²) in [5.74, 6) is 2.65. The van der Waals surface area contributed by atoms with E-state index < -0.39 is 0 Å². The van der Waals surface area contributed by atoms with Gasteiger partial charge in [-0.1, -0.05) is 25.0 Å². The highest BCUT2D eigenvalue weighted by Crippen LogP contribution is 2.66. The van der Waals surface area contributed by atoms with Crippen LogP contribution in [-0.4, -0.2) is 17.0 Å². The lowest BCUT2D eigenvalue weighted by Crippen LogP contribution is -2.57. The van der Waals surface area contributed by atoms with Crippen LogP contribution in [0.1, 0.15) is 79.1 Å². The van der Waals surface area contributed by atoms with Crippen molar-refractivity contribution in [2.24, 2.45) is 34.5 Å². The predicted octanol–water partition coefficient (Wildman–Crippen LogP) is 4.91. The summed E-state index contributed by atoms with van der Waals surface area (Å²) < 4.78 is 0. The molecule has 7 atom stereocenters. The minimum Gasteiger partial charge on any atom is -0.393 e. The fraction of sp³-hybridized carbons (Fsp3) is 0.864. The first-order valence-electron chi connectivity index (χ1n) is 10.1. The monoisotopic (exact) mass is 330 g/mol. The number of hydrogen-bond donors (Lipinski definition) is 1. The molecule has 0 heterocycles. The van der Waals surface area contributed by atoms with Crippen molar-refractivity contribution in [3.8, 4) is 0 Å². The number of ketones is 1. The van der Waals surface area contributed by atoms with Crippen LogP contribution in [0.2, 0.25) is 0 Å². The molecule has 0 unspecified atom stereocenters. The molecule has 0 aromatic carbocycles. The van der Waals surface area contributed by atoms with E-state index in [1.54, 1.807) is 5.57 Å². The summed E-state index contributed by atoms with van der Waals surface area (Å²) in [5.41, 5.74) is 3.32. The van der Waals surface area contributed by atoms with Gasteiger partial charge in [0.15, 0.2) is 0 Å². The Bertz CT molecular complexity index is 587. The maximum Gasteiger partial charge on any atom is 0.137 e. The van der Waals surface area contributed by atoms with Gasteiger partial charge in [0.05, 0.1) is 6.10 Å². The van der Waals surface area contributed by atoms with Crippen molar-refractivity contribution in [1.29, 1.82) is 0 Å². The second-order valence-electron chi connectivity index (χ2n) is 10.0. The molecule has 4 fully saturated rings. The fourth-order valence-corrected chi connectivity index (χ4v) is 7.69. The van der Waals surface area contributed by atoms with Gasteiger partial charge in [0.25, 0.3) is 0 Å². The summed E-state index contributed by atoms with van der Waals surface area (Å²) in [4.78, 5) is 13.4. The van der Waals surface area contributed by atoms with Gasteiger partial charge in [-0.3, -0.25) is 4.79 Å².